The van der Waals surface area contributed by atoms with Gasteiger partial charge in [0.25, 0.3) is 0 Å². The van der Waals surface area contributed by atoms with E-state index in [9.17, 15) is 19.8 Å². The van der Waals surface area contributed by atoms with E-state index in [1.54, 1.807) is 39.8 Å². The van der Waals surface area contributed by atoms with Gasteiger partial charge in [0.15, 0.2) is 0 Å². The van der Waals surface area contributed by atoms with Crippen LogP contribution in [0.5, 0.6) is 5.75 Å². The lowest BCUT2D eigenvalue weighted by atomic mass is 10.0. The van der Waals surface area contributed by atoms with E-state index in [1.165, 1.54) is 6.07 Å². The van der Waals surface area contributed by atoms with Crippen LogP contribution in [0, 0.1) is 6.92 Å². The summed E-state index contributed by atoms with van der Waals surface area (Å²) in [5.74, 6) is -1.00. The van der Waals surface area contributed by atoms with Crippen LogP contribution in [0.3, 0.4) is 0 Å². The number of rotatable bonds is 4. The molecule has 0 aliphatic carbocycles. The summed E-state index contributed by atoms with van der Waals surface area (Å²) in [5, 5.41) is 21.0. The minimum absolute atomic E-state index is 0.107. The molecule has 0 saturated heterocycles. The summed E-state index contributed by atoms with van der Waals surface area (Å²) in [6, 6.07) is 3.71. The standard InChI is InChI=1S/C15H21NO5/c1-9-7-10(5-6-12(9)17)8-11(13(18)19)16-14(20)21-15(2,3)4/h5-7,11,17H,8H2,1-4H3,(H,16,20)(H,18,19). The van der Waals surface area contributed by atoms with Gasteiger partial charge in [-0.2, -0.15) is 0 Å². The quantitative estimate of drug-likeness (QED) is 0.791. The molecule has 0 radical (unpaired) electrons. The number of amides is 1. The van der Waals surface area contributed by atoms with Crippen molar-refractivity contribution in [1.29, 1.82) is 0 Å². The molecule has 0 bridgehead atoms. The molecule has 1 rings (SSSR count). The van der Waals surface area contributed by atoms with Crippen molar-refractivity contribution >= 4 is 12.1 Å². The number of carbonyl (C=O) groups is 2. The fourth-order valence-corrected chi connectivity index (χ4v) is 1.73. The first-order valence-electron chi connectivity index (χ1n) is 6.59. The first kappa shape index (κ1) is 16.8. The number of nitrogens with one attached hydrogen (secondary N) is 1. The number of aliphatic carboxylic acids is 1. The van der Waals surface area contributed by atoms with Gasteiger partial charge in [0, 0.05) is 6.42 Å². The molecule has 21 heavy (non-hydrogen) atoms. The predicted octanol–water partition coefficient (Wildman–Crippen LogP) is 2.22. The Balaban J connectivity index is 2.76. The van der Waals surface area contributed by atoms with Crippen LogP contribution < -0.4 is 5.32 Å². The molecule has 6 nitrogen and oxygen atoms in total. The number of hydrogen-bond acceptors (Lipinski definition) is 4. The van der Waals surface area contributed by atoms with Crippen LogP contribution in [0.25, 0.3) is 0 Å². The molecular formula is C15H21NO5. The third-order valence-corrected chi connectivity index (χ3v) is 2.69. The molecule has 1 amide bonds. The molecule has 0 spiro atoms. The van der Waals surface area contributed by atoms with Crippen molar-refractivity contribution < 1.29 is 24.5 Å². The Morgan fingerprint density at radius 2 is 1.95 bits per heavy atom. The summed E-state index contributed by atoms with van der Waals surface area (Å²) in [5.41, 5.74) is 0.657. The molecular weight excluding hydrogens is 274 g/mol. The van der Waals surface area contributed by atoms with Crippen molar-refractivity contribution in [2.75, 3.05) is 0 Å². The maximum absolute atomic E-state index is 11.6. The molecule has 0 aliphatic rings. The van der Waals surface area contributed by atoms with E-state index in [0.29, 0.717) is 11.1 Å². The molecule has 1 unspecified atom stereocenters. The number of phenols is 1. The molecule has 1 aromatic rings. The van der Waals surface area contributed by atoms with Crippen molar-refractivity contribution in [3.8, 4) is 5.75 Å². The lowest BCUT2D eigenvalue weighted by Gasteiger charge is -2.22. The number of hydrogen-bond donors (Lipinski definition) is 3. The van der Waals surface area contributed by atoms with Gasteiger partial charge >= 0.3 is 12.1 Å². The minimum atomic E-state index is -1.15. The molecule has 0 saturated carbocycles. The number of alkyl carbamates (subject to hydrolysis) is 1. The van der Waals surface area contributed by atoms with Gasteiger partial charge in [-0.3, -0.25) is 0 Å². The van der Waals surface area contributed by atoms with E-state index in [1.807, 2.05) is 0 Å². The van der Waals surface area contributed by atoms with E-state index in [2.05, 4.69) is 5.32 Å². The van der Waals surface area contributed by atoms with Crippen molar-refractivity contribution in [3.05, 3.63) is 29.3 Å². The Kier molecular flexibility index (Phi) is 5.18. The van der Waals surface area contributed by atoms with Gasteiger partial charge in [-0.25, -0.2) is 9.59 Å². The second kappa shape index (κ2) is 6.47. The number of carboxylic acid groups (broad SMARTS) is 1. The van der Waals surface area contributed by atoms with Crippen LogP contribution in [0.15, 0.2) is 18.2 Å². The second-order valence-corrected chi connectivity index (χ2v) is 5.86. The highest BCUT2D eigenvalue weighted by Gasteiger charge is 2.24. The van der Waals surface area contributed by atoms with E-state index in [-0.39, 0.29) is 12.2 Å². The number of aromatic hydroxyl groups is 1. The summed E-state index contributed by atoms with van der Waals surface area (Å²) in [7, 11) is 0. The number of benzene rings is 1. The summed E-state index contributed by atoms with van der Waals surface area (Å²) >= 11 is 0. The monoisotopic (exact) mass is 295 g/mol. The Labute approximate surface area is 123 Å². The molecule has 0 heterocycles. The maximum atomic E-state index is 11.6. The smallest absolute Gasteiger partial charge is 0.408 e. The van der Waals surface area contributed by atoms with Gasteiger partial charge in [0.05, 0.1) is 0 Å². The topological polar surface area (TPSA) is 95.9 Å². The fraction of sp³-hybridized carbons (Fsp3) is 0.467. The Bertz CT molecular complexity index is 533. The minimum Gasteiger partial charge on any atom is -0.508 e. The number of ether oxygens (including phenoxy) is 1. The summed E-state index contributed by atoms with van der Waals surface area (Å²) < 4.78 is 5.05. The molecule has 0 fully saturated rings. The largest absolute Gasteiger partial charge is 0.508 e. The van der Waals surface area contributed by atoms with Crippen LogP contribution in [-0.4, -0.2) is 33.9 Å². The zero-order valence-electron chi connectivity index (χ0n) is 12.6. The zero-order valence-corrected chi connectivity index (χ0v) is 12.6. The number of phenolic OH excluding ortho intramolecular Hbond substituents is 1. The van der Waals surface area contributed by atoms with Gasteiger partial charge in [-0.15, -0.1) is 0 Å². The van der Waals surface area contributed by atoms with E-state index >= 15 is 0 Å². The van der Waals surface area contributed by atoms with Gasteiger partial charge < -0.3 is 20.3 Å². The maximum Gasteiger partial charge on any atom is 0.408 e. The van der Waals surface area contributed by atoms with Gasteiger partial charge in [0.2, 0.25) is 0 Å². The summed E-state index contributed by atoms with van der Waals surface area (Å²) in [6.45, 7) is 6.82. The van der Waals surface area contributed by atoms with Crippen molar-refractivity contribution in [3.63, 3.8) is 0 Å². The lowest BCUT2D eigenvalue weighted by molar-refractivity contribution is -0.139. The second-order valence-electron chi connectivity index (χ2n) is 5.86. The molecule has 0 aliphatic heterocycles. The van der Waals surface area contributed by atoms with Crippen LogP contribution in [-0.2, 0) is 16.0 Å². The van der Waals surface area contributed by atoms with Gasteiger partial charge in [-0.1, -0.05) is 12.1 Å². The van der Waals surface area contributed by atoms with Crippen LogP contribution in [0.4, 0.5) is 4.79 Å². The molecule has 6 heteroatoms. The third kappa shape index (κ3) is 5.72. The van der Waals surface area contributed by atoms with E-state index < -0.39 is 23.7 Å². The highest BCUT2D eigenvalue weighted by molar-refractivity contribution is 5.80. The van der Waals surface area contributed by atoms with Crippen LogP contribution in [0.2, 0.25) is 0 Å². The highest BCUT2D eigenvalue weighted by Crippen LogP contribution is 2.18. The number of carbonyl (C=O) groups excluding carboxylic acids is 1. The molecule has 1 aromatic carbocycles. The third-order valence-electron chi connectivity index (χ3n) is 2.69. The van der Waals surface area contributed by atoms with Crippen LogP contribution in [0.1, 0.15) is 31.9 Å². The SMILES string of the molecule is Cc1cc(CC(NC(=O)OC(C)(C)C)C(=O)O)ccc1O. The predicted molar refractivity (Wildman–Crippen MR) is 77.3 cm³/mol. The van der Waals surface area contributed by atoms with Crippen LogP contribution >= 0.6 is 0 Å². The Morgan fingerprint density at radius 1 is 1.33 bits per heavy atom. The number of aryl methyl sites for hydroxylation is 1. The highest BCUT2D eigenvalue weighted by atomic mass is 16.6. The Morgan fingerprint density at radius 3 is 2.43 bits per heavy atom. The molecule has 1 atom stereocenters. The van der Waals surface area contributed by atoms with E-state index in [0.717, 1.165) is 0 Å². The first-order valence-corrected chi connectivity index (χ1v) is 6.59. The summed E-state index contributed by atoms with van der Waals surface area (Å²) in [4.78, 5) is 22.9. The van der Waals surface area contributed by atoms with E-state index in [4.69, 9.17) is 4.74 Å². The normalized spacial score (nSPS) is 12.6. The van der Waals surface area contributed by atoms with Gasteiger partial charge in [-0.05, 0) is 44.9 Å². The average molecular weight is 295 g/mol. The van der Waals surface area contributed by atoms with Crippen molar-refractivity contribution in [2.45, 2.75) is 45.8 Å². The molecule has 0 aromatic heterocycles. The average Bonchev–Trinajstić information content (AvgIpc) is 2.30. The van der Waals surface area contributed by atoms with Crippen molar-refractivity contribution in [2.24, 2.45) is 0 Å². The zero-order chi connectivity index (χ0) is 16.2. The van der Waals surface area contributed by atoms with Gasteiger partial charge in [0.1, 0.15) is 17.4 Å². The lowest BCUT2D eigenvalue weighted by Crippen LogP contribution is -2.44. The summed E-state index contributed by atoms with van der Waals surface area (Å²) in [6.07, 6.45) is -0.666. The Hall–Kier alpha value is -2.24. The fourth-order valence-electron chi connectivity index (χ4n) is 1.73. The molecule has 116 valence electrons. The first-order chi connectivity index (χ1) is 9.58. The number of carboxylic acids is 1. The van der Waals surface area contributed by atoms with Crippen molar-refractivity contribution in [1.82, 2.24) is 5.32 Å². The molecule has 3 N–H and O–H groups in total.